The minimum Gasteiger partial charge on any atom is -0.477 e. The van der Waals surface area contributed by atoms with Crippen LogP contribution in [0.15, 0.2) is 10.6 Å². The lowest BCUT2D eigenvalue weighted by Gasteiger charge is -2.44. The molecule has 1 saturated carbocycles. The number of aliphatic hydroxyl groups is 1. The molecule has 2 heterocycles. The van der Waals surface area contributed by atoms with Crippen molar-refractivity contribution in [1.82, 2.24) is 4.90 Å². The van der Waals surface area contributed by atoms with Crippen LogP contribution in [0.25, 0.3) is 0 Å². The van der Waals surface area contributed by atoms with Gasteiger partial charge in [-0.05, 0) is 43.5 Å². The predicted molar refractivity (Wildman–Crippen MR) is 103 cm³/mol. The standard InChI is InChI=1S/C18H27NO4S2/c1-11(20)15-13-10-14(16(18(22)23)19(13)17(15)21)24-8-9-25(2)12-6-4-3-5-7-12/h11-13,15,20H,3-10H2,1-2H3/p+1/t11-,13?,15?,25?/m1/s1. The average molecular weight is 387 g/mol. The van der Waals surface area contributed by atoms with E-state index in [9.17, 15) is 19.8 Å². The molecule has 4 atom stereocenters. The van der Waals surface area contributed by atoms with Gasteiger partial charge in [-0.25, -0.2) is 4.79 Å². The van der Waals surface area contributed by atoms with Crippen molar-refractivity contribution in [1.29, 1.82) is 0 Å². The van der Waals surface area contributed by atoms with Crippen LogP contribution in [0.5, 0.6) is 0 Å². The molecule has 7 heteroatoms. The second kappa shape index (κ2) is 7.92. The van der Waals surface area contributed by atoms with Gasteiger partial charge in [-0.15, -0.1) is 11.8 Å². The van der Waals surface area contributed by atoms with Crippen LogP contribution in [0.4, 0.5) is 0 Å². The van der Waals surface area contributed by atoms with Crippen molar-refractivity contribution in [2.24, 2.45) is 5.92 Å². The Labute approximate surface area is 156 Å². The Morgan fingerprint density at radius 2 is 2.04 bits per heavy atom. The zero-order chi connectivity index (χ0) is 18.1. The largest absolute Gasteiger partial charge is 0.477 e. The zero-order valence-corrected chi connectivity index (χ0v) is 16.6. The molecule has 1 amide bonds. The van der Waals surface area contributed by atoms with Gasteiger partial charge in [0.15, 0.2) is 0 Å². The Morgan fingerprint density at radius 1 is 1.36 bits per heavy atom. The van der Waals surface area contributed by atoms with Crippen LogP contribution in [-0.2, 0) is 20.5 Å². The molecule has 2 fully saturated rings. The minimum absolute atomic E-state index is 0.158. The van der Waals surface area contributed by atoms with Crippen molar-refractivity contribution >= 4 is 34.5 Å². The highest BCUT2D eigenvalue weighted by Gasteiger charge is 2.56. The van der Waals surface area contributed by atoms with E-state index in [1.807, 2.05) is 0 Å². The number of aliphatic carboxylic acids is 1. The Balaban J connectivity index is 1.58. The predicted octanol–water partition coefficient (Wildman–Crippen LogP) is 2.21. The van der Waals surface area contributed by atoms with E-state index in [1.165, 1.54) is 37.0 Å². The number of β-lactam (4-membered cyclic amide) rings is 1. The highest BCUT2D eigenvalue weighted by Crippen LogP contribution is 2.47. The molecule has 1 saturated heterocycles. The van der Waals surface area contributed by atoms with Crippen LogP contribution in [0.3, 0.4) is 0 Å². The van der Waals surface area contributed by atoms with Crippen LogP contribution in [0.1, 0.15) is 45.4 Å². The second-order valence-electron chi connectivity index (χ2n) is 7.33. The second-order valence-corrected chi connectivity index (χ2v) is 11.0. The van der Waals surface area contributed by atoms with E-state index in [0.717, 1.165) is 21.7 Å². The molecular weight excluding hydrogens is 358 g/mol. The van der Waals surface area contributed by atoms with Gasteiger partial charge in [0.25, 0.3) is 0 Å². The SMILES string of the molecule is C[C@@H](O)C1C(=O)N2C(C(=O)O)=C(SCC[S+](C)C3CCCCC3)CC12. The summed E-state index contributed by atoms with van der Waals surface area (Å²) in [7, 11) is 0.387. The Kier molecular flexibility index (Phi) is 6.06. The number of hydrogen-bond acceptors (Lipinski definition) is 4. The number of amides is 1. The molecular formula is C18H28NO4S2+. The molecule has 0 aromatic rings. The van der Waals surface area contributed by atoms with Gasteiger partial charge in [-0.1, -0.05) is 6.42 Å². The molecule has 25 heavy (non-hydrogen) atoms. The van der Waals surface area contributed by atoms with Crippen molar-refractivity contribution in [2.75, 3.05) is 17.8 Å². The third kappa shape index (κ3) is 3.74. The summed E-state index contributed by atoms with van der Waals surface area (Å²) in [5.41, 5.74) is 0.158. The molecule has 0 bridgehead atoms. The molecule has 5 nitrogen and oxygen atoms in total. The maximum absolute atomic E-state index is 12.2. The van der Waals surface area contributed by atoms with Crippen molar-refractivity contribution in [2.45, 2.75) is 62.8 Å². The van der Waals surface area contributed by atoms with Gasteiger partial charge < -0.3 is 15.1 Å². The quantitative estimate of drug-likeness (QED) is 0.518. The highest BCUT2D eigenvalue weighted by atomic mass is 32.2. The van der Waals surface area contributed by atoms with Crippen LogP contribution < -0.4 is 0 Å². The number of thioether (sulfide) groups is 1. The third-order valence-electron chi connectivity index (χ3n) is 5.69. The number of hydrogen-bond donors (Lipinski definition) is 2. The molecule has 0 spiro atoms. The molecule has 0 radical (unpaired) electrons. The number of carbonyl (C=O) groups is 2. The van der Waals surface area contributed by atoms with Gasteiger partial charge in [0.2, 0.25) is 5.91 Å². The van der Waals surface area contributed by atoms with Crippen LogP contribution >= 0.6 is 11.8 Å². The Morgan fingerprint density at radius 3 is 2.64 bits per heavy atom. The third-order valence-corrected chi connectivity index (χ3v) is 9.53. The molecule has 1 aliphatic carbocycles. The number of carbonyl (C=O) groups excluding carboxylic acids is 1. The summed E-state index contributed by atoms with van der Waals surface area (Å²) in [5.74, 6) is 0.312. The smallest absolute Gasteiger partial charge is 0.353 e. The number of carboxylic acids is 1. The fourth-order valence-corrected chi connectivity index (χ4v) is 8.00. The normalized spacial score (nSPS) is 29.4. The highest BCUT2D eigenvalue weighted by molar-refractivity contribution is 8.04. The first kappa shape index (κ1) is 19.1. The van der Waals surface area contributed by atoms with Gasteiger partial charge in [-0.2, -0.15) is 0 Å². The molecule has 2 N–H and O–H groups in total. The molecule has 0 aromatic heterocycles. The van der Waals surface area contributed by atoms with Crippen molar-refractivity contribution in [3.8, 4) is 0 Å². The monoisotopic (exact) mass is 386 g/mol. The van der Waals surface area contributed by atoms with E-state index in [1.54, 1.807) is 18.7 Å². The van der Waals surface area contributed by atoms with E-state index in [-0.39, 0.29) is 17.6 Å². The van der Waals surface area contributed by atoms with E-state index in [0.29, 0.717) is 17.3 Å². The van der Waals surface area contributed by atoms with Gasteiger partial charge in [0, 0.05) is 17.1 Å². The maximum atomic E-state index is 12.2. The van der Waals surface area contributed by atoms with Crippen molar-refractivity contribution < 1.29 is 19.8 Å². The molecule has 2 aliphatic heterocycles. The summed E-state index contributed by atoms with van der Waals surface area (Å²) in [6.45, 7) is 1.61. The zero-order valence-electron chi connectivity index (χ0n) is 14.9. The van der Waals surface area contributed by atoms with Crippen LogP contribution in [-0.4, -0.2) is 62.1 Å². The first-order valence-corrected chi connectivity index (χ1v) is 12.0. The first-order chi connectivity index (χ1) is 11.9. The van der Waals surface area contributed by atoms with Gasteiger partial charge in [0.1, 0.15) is 16.7 Å². The molecule has 3 rings (SSSR count). The number of aliphatic hydroxyl groups excluding tert-OH is 1. The lowest BCUT2D eigenvalue weighted by Crippen LogP contribution is -2.61. The summed E-state index contributed by atoms with van der Waals surface area (Å²) in [6.07, 6.45) is 8.95. The number of fused-ring (bicyclic) bond motifs is 1. The molecule has 140 valence electrons. The summed E-state index contributed by atoms with van der Waals surface area (Å²) >= 11 is 1.61. The molecule has 0 aromatic carbocycles. The fraction of sp³-hybridized carbons (Fsp3) is 0.778. The van der Waals surface area contributed by atoms with Crippen LogP contribution in [0.2, 0.25) is 0 Å². The summed E-state index contributed by atoms with van der Waals surface area (Å²) in [6, 6.07) is -0.167. The minimum atomic E-state index is -1.02. The van der Waals surface area contributed by atoms with Gasteiger partial charge in [0.05, 0.1) is 24.3 Å². The lowest BCUT2D eigenvalue weighted by molar-refractivity contribution is -0.161. The molecule has 3 unspecified atom stereocenters. The first-order valence-electron chi connectivity index (χ1n) is 9.13. The number of carboxylic acid groups (broad SMARTS) is 1. The topological polar surface area (TPSA) is 77.8 Å². The molecule has 3 aliphatic rings. The van der Waals surface area contributed by atoms with Gasteiger partial charge >= 0.3 is 5.97 Å². The Bertz CT molecular complexity index is 571. The van der Waals surface area contributed by atoms with Crippen LogP contribution in [0, 0.1) is 5.92 Å². The number of nitrogens with zero attached hydrogens (tertiary/aromatic N) is 1. The van der Waals surface area contributed by atoms with E-state index in [4.69, 9.17) is 0 Å². The number of rotatable bonds is 7. The maximum Gasteiger partial charge on any atom is 0.353 e. The average Bonchev–Trinajstić information content (AvgIpc) is 2.89. The van der Waals surface area contributed by atoms with Crippen molar-refractivity contribution in [3.05, 3.63) is 10.6 Å². The Hall–Kier alpha value is -0.660. The van der Waals surface area contributed by atoms with E-state index in [2.05, 4.69) is 6.26 Å². The summed E-state index contributed by atoms with van der Waals surface area (Å²) in [4.78, 5) is 26.0. The fourth-order valence-electron chi connectivity index (χ4n) is 4.29. The lowest BCUT2D eigenvalue weighted by atomic mass is 9.83. The van der Waals surface area contributed by atoms with Gasteiger partial charge in [-0.3, -0.25) is 4.79 Å². The summed E-state index contributed by atoms with van der Waals surface area (Å²) < 4.78 is 0. The van der Waals surface area contributed by atoms with E-state index >= 15 is 0 Å². The summed E-state index contributed by atoms with van der Waals surface area (Å²) in [5, 5.41) is 20.1. The van der Waals surface area contributed by atoms with E-state index < -0.39 is 18.0 Å². The van der Waals surface area contributed by atoms with Crippen molar-refractivity contribution in [3.63, 3.8) is 0 Å².